The van der Waals surface area contributed by atoms with Crippen LogP contribution in [0.15, 0.2) is 24.3 Å². The van der Waals surface area contributed by atoms with Gasteiger partial charge in [-0.05, 0) is 38.5 Å². The van der Waals surface area contributed by atoms with E-state index in [0.717, 1.165) is 5.56 Å². The lowest BCUT2D eigenvalue weighted by atomic mass is 10.0. The fourth-order valence-corrected chi connectivity index (χ4v) is 1.58. The van der Waals surface area contributed by atoms with E-state index >= 15 is 0 Å². The van der Waals surface area contributed by atoms with E-state index in [1.165, 1.54) is 0 Å². The molecule has 0 bridgehead atoms. The molecular weight excluding hydrogens is 210 g/mol. The zero-order valence-electron chi connectivity index (χ0n) is 9.42. The summed E-state index contributed by atoms with van der Waals surface area (Å²) >= 11 is 5.81. The van der Waals surface area contributed by atoms with Crippen LogP contribution in [0, 0.1) is 0 Å². The first kappa shape index (κ1) is 12.5. The average Bonchev–Trinajstić information content (AvgIpc) is 2.14. The molecule has 0 unspecified atom stereocenters. The molecule has 0 heterocycles. The molecule has 0 saturated carbocycles. The quantitative estimate of drug-likeness (QED) is 0.833. The van der Waals surface area contributed by atoms with Gasteiger partial charge in [-0.1, -0.05) is 23.7 Å². The van der Waals surface area contributed by atoms with Gasteiger partial charge in [-0.2, -0.15) is 0 Å². The number of rotatable bonds is 3. The van der Waals surface area contributed by atoms with Crippen molar-refractivity contribution in [2.24, 2.45) is 0 Å². The van der Waals surface area contributed by atoms with E-state index in [1.54, 1.807) is 0 Å². The van der Waals surface area contributed by atoms with Crippen molar-refractivity contribution in [2.75, 3.05) is 6.61 Å². The molecular formula is C12H18ClNO. The van der Waals surface area contributed by atoms with Gasteiger partial charge >= 0.3 is 0 Å². The van der Waals surface area contributed by atoms with E-state index in [9.17, 15) is 5.11 Å². The third-order valence-electron chi connectivity index (χ3n) is 2.06. The van der Waals surface area contributed by atoms with E-state index in [0.29, 0.717) is 5.02 Å². The van der Waals surface area contributed by atoms with Crippen LogP contribution in [-0.2, 0) is 0 Å². The Bertz CT molecular complexity index is 302. The average molecular weight is 228 g/mol. The molecule has 2 nitrogen and oxygen atoms in total. The van der Waals surface area contributed by atoms with E-state index in [1.807, 2.05) is 24.3 Å². The normalized spacial score (nSPS) is 13.9. The van der Waals surface area contributed by atoms with Gasteiger partial charge in [0.25, 0.3) is 0 Å². The molecule has 0 fully saturated rings. The van der Waals surface area contributed by atoms with Gasteiger partial charge in [-0.25, -0.2) is 0 Å². The molecule has 2 N–H and O–H groups in total. The number of nitrogens with one attached hydrogen (secondary N) is 1. The second-order valence-electron chi connectivity index (χ2n) is 4.68. The van der Waals surface area contributed by atoms with Crippen LogP contribution in [0.25, 0.3) is 0 Å². The summed E-state index contributed by atoms with van der Waals surface area (Å²) in [5.41, 5.74) is 1.03. The van der Waals surface area contributed by atoms with Crippen molar-refractivity contribution in [1.29, 1.82) is 0 Å². The third kappa shape index (κ3) is 4.20. The predicted octanol–water partition coefficient (Wildman–Crippen LogP) is 2.76. The Morgan fingerprint density at radius 1 is 1.27 bits per heavy atom. The molecule has 0 aromatic heterocycles. The minimum Gasteiger partial charge on any atom is -0.394 e. The van der Waals surface area contributed by atoms with Crippen molar-refractivity contribution >= 4 is 11.6 Å². The Morgan fingerprint density at radius 2 is 1.80 bits per heavy atom. The molecule has 1 aromatic rings. The second-order valence-corrected chi connectivity index (χ2v) is 5.12. The molecule has 0 saturated heterocycles. The fraction of sp³-hybridized carbons (Fsp3) is 0.500. The molecule has 1 atom stereocenters. The van der Waals surface area contributed by atoms with Gasteiger partial charge in [-0.3, -0.25) is 0 Å². The van der Waals surface area contributed by atoms with Gasteiger partial charge in [0, 0.05) is 10.6 Å². The van der Waals surface area contributed by atoms with Crippen molar-refractivity contribution in [1.82, 2.24) is 5.32 Å². The molecule has 84 valence electrons. The first-order valence-corrected chi connectivity index (χ1v) is 5.44. The number of aliphatic hydroxyl groups is 1. The van der Waals surface area contributed by atoms with E-state index in [2.05, 4.69) is 26.1 Å². The maximum absolute atomic E-state index is 9.32. The van der Waals surface area contributed by atoms with Gasteiger partial charge in [0.2, 0.25) is 0 Å². The van der Waals surface area contributed by atoms with Crippen molar-refractivity contribution in [3.8, 4) is 0 Å². The lowest BCUT2D eigenvalue weighted by Crippen LogP contribution is -2.40. The van der Waals surface area contributed by atoms with Gasteiger partial charge in [0.05, 0.1) is 12.6 Å². The van der Waals surface area contributed by atoms with Crippen LogP contribution in [0.5, 0.6) is 0 Å². The minimum absolute atomic E-state index is 0.0208. The standard InChI is InChI=1S/C12H18ClNO/c1-12(2,3)14-11(8-15)9-4-6-10(13)7-5-9/h4-7,11,14-15H,8H2,1-3H3/t11-/m0/s1. The Labute approximate surface area is 96.3 Å². The molecule has 0 amide bonds. The number of benzene rings is 1. The van der Waals surface area contributed by atoms with Crippen LogP contribution in [-0.4, -0.2) is 17.3 Å². The fourth-order valence-electron chi connectivity index (χ4n) is 1.45. The summed E-state index contributed by atoms with van der Waals surface area (Å²) in [6.07, 6.45) is 0. The van der Waals surface area contributed by atoms with Crippen LogP contribution in [0.4, 0.5) is 0 Å². The predicted molar refractivity (Wildman–Crippen MR) is 64.2 cm³/mol. The number of hydrogen-bond acceptors (Lipinski definition) is 2. The topological polar surface area (TPSA) is 32.3 Å². The summed E-state index contributed by atoms with van der Waals surface area (Å²) in [7, 11) is 0. The summed E-state index contributed by atoms with van der Waals surface area (Å²) in [6.45, 7) is 6.31. The van der Waals surface area contributed by atoms with Crippen LogP contribution in [0.1, 0.15) is 32.4 Å². The monoisotopic (exact) mass is 227 g/mol. The Hall–Kier alpha value is -0.570. The lowest BCUT2D eigenvalue weighted by Gasteiger charge is -2.27. The highest BCUT2D eigenvalue weighted by atomic mass is 35.5. The van der Waals surface area contributed by atoms with Crippen molar-refractivity contribution < 1.29 is 5.11 Å². The molecule has 0 spiro atoms. The lowest BCUT2D eigenvalue weighted by molar-refractivity contribution is 0.217. The van der Waals surface area contributed by atoms with E-state index in [-0.39, 0.29) is 18.2 Å². The van der Waals surface area contributed by atoms with Crippen LogP contribution >= 0.6 is 11.6 Å². The molecule has 0 radical (unpaired) electrons. The number of hydrogen-bond donors (Lipinski definition) is 2. The van der Waals surface area contributed by atoms with Crippen molar-refractivity contribution in [2.45, 2.75) is 32.4 Å². The Balaban J connectivity index is 2.79. The summed E-state index contributed by atoms with van der Waals surface area (Å²) in [6, 6.07) is 7.50. The highest BCUT2D eigenvalue weighted by Crippen LogP contribution is 2.18. The van der Waals surface area contributed by atoms with E-state index in [4.69, 9.17) is 11.6 Å². The summed E-state index contributed by atoms with van der Waals surface area (Å²) in [5.74, 6) is 0. The van der Waals surface area contributed by atoms with Crippen LogP contribution in [0.3, 0.4) is 0 Å². The number of halogens is 1. The molecule has 0 aliphatic carbocycles. The van der Waals surface area contributed by atoms with Crippen LogP contribution in [0.2, 0.25) is 5.02 Å². The van der Waals surface area contributed by atoms with Gasteiger partial charge in [-0.15, -0.1) is 0 Å². The minimum atomic E-state index is -0.0396. The van der Waals surface area contributed by atoms with Crippen molar-refractivity contribution in [3.05, 3.63) is 34.9 Å². The first-order valence-electron chi connectivity index (χ1n) is 5.06. The van der Waals surface area contributed by atoms with Crippen molar-refractivity contribution in [3.63, 3.8) is 0 Å². The number of aliphatic hydroxyl groups excluding tert-OH is 1. The largest absolute Gasteiger partial charge is 0.394 e. The maximum Gasteiger partial charge on any atom is 0.0626 e. The zero-order chi connectivity index (χ0) is 11.5. The summed E-state index contributed by atoms with van der Waals surface area (Å²) in [5, 5.41) is 13.4. The van der Waals surface area contributed by atoms with Gasteiger partial charge < -0.3 is 10.4 Å². The Morgan fingerprint density at radius 3 is 2.20 bits per heavy atom. The zero-order valence-corrected chi connectivity index (χ0v) is 10.2. The molecule has 0 aliphatic rings. The summed E-state index contributed by atoms with van der Waals surface area (Å²) in [4.78, 5) is 0. The second kappa shape index (κ2) is 4.97. The third-order valence-corrected chi connectivity index (χ3v) is 2.31. The van der Waals surface area contributed by atoms with Gasteiger partial charge in [0.1, 0.15) is 0 Å². The van der Waals surface area contributed by atoms with E-state index < -0.39 is 0 Å². The highest BCUT2D eigenvalue weighted by molar-refractivity contribution is 6.30. The van der Waals surface area contributed by atoms with Crippen LogP contribution < -0.4 is 5.32 Å². The molecule has 1 rings (SSSR count). The SMILES string of the molecule is CC(C)(C)N[C@@H](CO)c1ccc(Cl)cc1. The summed E-state index contributed by atoms with van der Waals surface area (Å²) < 4.78 is 0. The maximum atomic E-state index is 9.32. The molecule has 3 heteroatoms. The highest BCUT2D eigenvalue weighted by Gasteiger charge is 2.17. The molecule has 15 heavy (non-hydrogen) atoms. The molecule has 1 aromatic carbocycles. The smallest absolute Gasteiger partial charge is 0.0626 e. The van der Waals surface area contributed by atoms with Gasteiger partial charge in [0.15, 0.2) is 0 Å². The first-order chi connectivity index (χ1) is 6.92. The molecule has 0 aliphatic heterocycles. The Kier molecular flexibility index (Phi) is 4.14.